The fourth-order valence-electron chi connectivity index (χ4n) is 2.34. The van der Waals surface area contributed by atoms with Gasteiger partial charge in [-0.25, -0.2) is 0 Å². The van der Waals surface area contributed by atoms with Crippen molar-refractivity contribution < 1.29 is 9.59 Å². The lowest BCUT2D eigenvalue weighted by molar-refractivity contribution is 0.101. The van der Waals surface area contributed by atoms with Crippen LogP contribution in [0.25, 0.3) is 0 Å². The van der Waals surface area contributed by atoms with Gasteiger partial charge in [0.15, 0.2) is 0 Å². The molecular weight excluding hydrogens is 442 g/mol. The van der Waals surface area contributed by atoms with Crippen molar-refractivity contribution in [3.63, 3.8) is 0 Å². The number of hydrogen-bond donors (Lipinski definition) is 2. The Kier molecular flexibility index (Phi) is 6.47. The highest BCUT2D eigenvalue weighted by Crippen LogP contribution is 2.27. The maximum atomic E-state index is 12.4. The van der Waals surface area contributed by atoms with Crippen LogP contribution < -0.4 is 10.6 Å². The molecule has 0 unspecified atom stereocenters. The third kappa shape index (κ3) is 4.97. The summed E-state index contributed by atoms with van der Waals surface area (Å²) in [5, 5.41) is 6.99. The van der Waals surface area contributed by atoms with Crippen LogP contribution in [0.15, 0.2) is 60.7 Å². The molecule has 0 saturated carbocycles. The minimum atomic E-state index is -0.364. The molecule has 3 aromatic carbocycles. The smallest absolute Gasteiger partial charge is 0.255 e. The molecule has 0 aliphatic rings. The summed E-state index contributed by atoms with van der Waals surface area (Å²) in [6.45, 7) is 0. The van der Waals surface area contributed by atoms with Gasteiger partial charge in [-0.15, -0.1) is 0 Å². The molecular formula is C20H12Cl4N2O2. The van der Waals surface area contributed by atoms with Gasteiger partial charge in [0, 0.05) is 21.2 Å². The zero-order chi connectivity index (χ0) is 20.3. The van der Waals surface area contributed by atoms with Crippen molar-refractivity contribution in [1.82, 2.24) is 0 Å². The molecule has 0 bridgehead atoms. The van der Waals surface area contributed by atoms with Crippen LogP contribution >= 0.6 is 46.4 Å². The van der Waals surface area contributed by atoms with E-state index < -0.39 is 0 Å². The molecule has 0 aromatic heterocycles. The second kappa shape index (κ2) is 8.84. The maximum Gasteiger partial charge on any atom is 0.255 e. The molecule has 0 fully saturated rings. The van der Waals surface area contributed by atoms with Gasteiger partial charge in [0.05, 0.1) is 21.4 Å². The van der Waals surface area contributed by atoms with Gasteiger partial charge < -0.3 is 10.6 Å². The maximum absolute atomic E-state index is 12.4. The quantitative estimate of drug-likeness (QED) is 0.456. The van der Waals surface area contributed by atoms with E-state index in [-0.39, 0.29) is 11.8 Å². The largest absolute Gasteiger partial charge is 0.321 e. The monoisotopic (exact) mass is 452 g/mol. The van der Waals surface area contributed by atoms with Gasteiger partial charge in [0.2, 0.25) is 0 Å². The van der Waals surface area contributed by atoms with Crippen LogP contribution in [0.3, 0.4) is 0 Å². The molecule has 2 amide bonds. The molecule has 0 aliphatic heterocycles. The van der Waals surface area contributed by atoms with Crippen molar-refractivity contribution in [2.24, 2.45) is 0 Å². The molecule has 142 valence electrons. The van der Waals surface area contributed by atoms with Crippen molar-refractivity contribution in [3.05, 3.63) is 91.9 Å². The van der Waals surface area contributed by atoms with Crippen molar-refractivity contribution in [2.75, 3.05) is 10.6 Å². The van der Waals surface area contributed by atoms with E-state index in [9.17, 15) is 9.59 Å². The summed E-state index contributed by atoms with van der Waals surface area (Å²) >= 11 is 23.8. The summed E-state index contributed by atoms with van der Waals surface area (Å²) in [6.07, 6.45) is 0. The van der Waals surface area contributed by atoms with Gasteiger partial charge in [-0.05, 0) is 60.7 Å². The van der Waals surface area contributed by atoms with Crippen molar-refractivity contribution in [1.29, 1.82) is 0 Å². The molecule has 0 radical (unpaired) electrons. The highest BCUT2D eigenvalue weighted by atomic mass is 35.5. The van der Waals surface area contributed by atoms with Crippen LogP contribution in [0.4, 0.5) is 11.4 Å². The highest BCUT2D eigenvalue weighted by Gasteiger charge is 2.12. The number of carbonyl (C=O) groups excluding carboxylic acids is 2. The lowest BCUT2D eigenvalue weighted by Gasteiger charge is -2.09. The Morgan fingerprint density at radius 1 is 0.571 bits per heavy atom. The standard InChI is InChI=1S/C20H12Cl4N2O2/c21-13-5-7-17(15(23)9-13)25-19(27)11-1-2-12(4-3-11)20(28)26-18-8-6-14(22)10-16(18)24/h1-10H,(H,25,27)(H,26,28). The molecule has 8 heteroatoms. The Morgan fingerprint density at radius 3 is 1.25 bits per heavy atom. The highest BCUT2D eigenvalue weighted by molar-refractivity contribution is 6.37. The molecule has 3 rings (SSSR count). The van der Waals surface area contributed by atoms with E-state index in [1.807, 2.05) is 0 Å². The molecule has 3 aromatic rings. The van der Waals surface area contributed by atoms with Crippen LogP contribution in [0.5, 0.6) is 0 Å². The summed E-state index contributed by atoms with van der Waals surface area (Å²) < 4.78 is 0. The summed E-state index contributed by atoms with van der Waals surface area (Å²) in [5.74, 6) is -0.728. The third-order valence-electron chi connectivity index (χ3n) is 3.77. The normalized spacial score (nSPS) is 10.4. The molecule has 0 atom stereocenters. The van der Waals surface area contributed by atoms with Gasteiger partial charge in [-0.2, -0.15) is 0 Å². The lowest BCUT2D eigenvalue weighted by Crippen LogP contribution is -2.14. The number of anilines is 2. The summed E-state index contributed by atoms with van der Waals surface area (Å²) in [7, 11) is 0. The Morgan fingerprint density at radius 2 is 0.929 bits per heavy atom. The minimum Gasteiger partial charge on any atom is -0.321 e. The number of amides is 2. The van der Waals surface area contributed by atoms with E-state index in [2.05, 4.69) is 10.6 Å². The fourth-order valence-corrected chi connectivity index (χ4v) is 3.26. The lowest BCUT2D eigenvalue weighted by atomic mass is 10.1. The van der Waals surface area contributed by atoms with E-state index >= 15 is 0 Å². The first kappa shape index (κ1) is 20.5. The zero-order valence-corrected chi connectivity index (χ0v) is 17.1. The summed E-state index contributed by atoms with van der Waals surface area (Å²) in [6, 6.07) is 15.7. The van der Waals surface area contributed by atoms with Crippen molar-refractivity contribution in [2.45, 2.75) is 0 Å². The average Bonchev–Trinajstić information content (AvgIpc) is 2.66. The molecule has 4 nitrogen and oxygen atoms in total. The van der Waals surface area contributed by atoms with Gasteiger partial charge in [-0.1, -0.05) is 46.4 Å². The van der Waals surface area contributed by atoms with E-state index in [4.69, 9.17) is 46.4 Å². The second-order valence-corrected chi connectivity index (χ2v) is 7.42. The minimum absolute atomic E-state index is 0.330. The van der Waals surface area contributed by atoms with Crippen LogP contribution in [0.2, 0.25) is 20.1 Å². The molecule has 0 heterocycles. The average molecular weight is 454 g/mol. The topological polar surface area (TPSA) is 58.2 Å². The Bertz CT molecular complexity index is 968. The number of rotatable bonds is 4. The van der Waals surface area contributed by atoms with Crippen LogP contribution in [-0.4, -0.2) is 11.8 Å². The number of halogens is 4. The first-order chi connectivity index (χ1) is 13.3. The van der Waals surface area contributed by atoms with E-state index in [0.717, 1.165) is 0 Å². The Labute approximate surface area is 181 Å². The first-order valence-electron chi connectivity index (χ1n) is 7.96. The van der Waals surface area contributed by atoms with Gasteiger partial charge in [0.1, 0.15) is 0 Å². The van der Waals surface area contributed by atoms with Crippen molar-refractivity contribution in [3.8, 4) is 0 Å². The van der Waals surface area contributed by atoms with Crippen molar-refractivity contribution >= 4 is 69.6 Å². The number of carbonyl (C=O) groups is 2. The third-order valence-corrected chi connectivity index (χ3v) is 4.86. The SMILES string of the molecule is O=C(Nc1ccc(Cl)cc1Cl)c1ccc(C(=O)Nc2ccc(Cl)cc2Cl)cc1. The molecule has 28 heavy (non-hydrogen) atoms. The first-order valence-corrected chi connectivity index (χ1v) is 9.47. The Hall–Kier alpha value is -2.24. The molecule has 2 N–H and O–H groups in total. The van der Waals surface area contributed by atoms with Gasteiger partial charge >= 0.3 is 0 Å². The fraction of sp³-hybridized carbons (Fsp3) is 0. The second-order valence-electron chi connectivity index (χ2n) is 5.73. The summed E-state index contributed by atoms with van der Waals surface area (Å²) in [4.78, 5) is 24.7. The zero-order valence-electron chi connectivity index (χ0n) is 14.1. The molecule has 0 aliphatic carbocycles. The summed E-state index contributed by atoms with van der Waals surface area (Å²) in [5.41, 5.74) is 1.62. The van der Waals surface area contributed by atoms with E-state index in [1.165, 1.54) is 36.4 Å². The van der Waals surface area contributed by atoms with Crippen LogP contribution in [0, 0.1) is 0 Å². The van der Waals surface area contributed by atoms with Crippen LogP contribution in [0.1, 0.15) is 20.7 Å². The van der Waals surface area contributed by atoms with E-state index in [0.29, 0.717) is 42.6 Å². The molecule has 0 saturated heterocycles. The van der Waals surface area contributed by atoms with Gasteiger partial charge in [-0.3, -0.25) is 9.59 Å². The number of benzene rings is 3. The number of nitrogens with one attached hydrogen (secondary N) is 2. The van der Waals surface area contributed by atoms with E-state index in [1.54, 1.807) is 24.3 Å². The predicted molar refractivity (Wildman–Crippen MR) is 115 cm³/mol. The predicted octanol–water partition coefficient (Wildman–Crippen LogP) is 6.80. The Balaban J connectivity index is 1.70. The van der Waals surface area contributed by atoms with Gasteiger partial charge in [0.25, 0.3) is 11.8 Å². The van der Waals surface area contributed by atoms with Crippen LogP contribution in [-0.2, 0) is 0 Å². The molecule has 0 spiro atoms. The number of hydrogen-bond acceptors (Lipinski definition) is 2.